The standard InChI is InChI=1S/C16H17N3O3/c1-11-15(20)18(2)8-9-19(11)16(21)13-10-14(22-17-13)12-6-4-3-5-7-12/h3-7,10-11H,8-9H2,1-2H3. The van der Waals surface area contributed by atoms with Crippen molar-refractivity contribution >= 4 is 11.8 Å². The molecule has 2 aromatic rings. The van der Waals surface area contributed by atoms with E-state index in [0.29, 0.717) is 18.8 Å². The van der Waals surface area contributed by atoms with Gasteiger partial charge in [0, 0.05) is 31.8 Å². The van der Waals surface area contributed by atoms with E-state index in [1.54, 1.807) is 24.9 Å². The summed E-state index contributed by atoms with van der Waals surface area (Å²) in [5.74, 6) is 0.198. The molecule has 1 fully saturated rings. The number of carbonyl (C=O) groups excluding carboxylic acids is 2. The highest BCUT2D eigenvalue weighted by Gasteiger charge is 2.34. The number of likely N-dealkylation sites (N-methyl/N-ethyl adjacent to an activating group) is 1. The molecular formula is C16H17N3O3. The van der Waals surface area contributed by atoms with Crippen molar-refractivity contribution in [2.75, 3.05) is 20.1 Å². The molecule has 3 rings (SSSR count). The van der Waals surface area contributed by atoms with Crippen molar-refractivity contribution in [2.24, 2.45) is 0 Å². The van der Waals surface area contributed by atoms with Crippen LogP contribution in [0.3, 0.4) is 0 Å². The zero-order valence-electron chi connectivity index (χ0n) is 12.5. The molecule has 1 aliphatic rings. The third-order valence-electron chi connectivity index (χ3n) is 3.93. The van der Waals surface area contributed by atoms with E-state index in [9.17, 15) is 9.59 Å². The Kier molecular flexibility index (Phi) is 3.66. The summed E-state index contributed by atoms with van der Waals surface area (Å²) in [6.07, 6.45) is 0. The van der Waals surface area contributed by atoms with Gasteiger partial charge in [0.25, 0.3) is 5.91 Å². The molecule has 0 saturated carbocycles. The fourth-order valence-electron chi connectivity index (χ4n) is 2.55. The van der Waals surface area contributed by atoms with Crippen LogP contribution >= 0.6 is 0 Å². The van der Waals surface area contributed by atoms with Crippen LogP contribution in [-0.2, 0) is 4.79 Å². The van der Waals surface area contributed by atoms with Crippen LogP contribution in [0.2, 0.25) is 0 Å². The van der Waals surface area contributed by atoms with Gasteiger partial charge in [-0.05, 0) is 6.92 Å². The zero-order chi connectivity index (χ0) is 15.7. The molecule has 1 aromatic carbocycles. The minimum atomic E-state index is -0.483. The fraction of sp³-hybridized carbons (Fsp3) is 0.312. The van der Waals surface area contributed by atoms with Crippen LogP contribution in [0.15, 0.2) is 40.9 Å². The summed E-state index contributed by atoms with van der Waals surface area (Å²) in [6, 6.07) is 10.6. The summed E-state index contributed by atoms with van der Waals surface area (Å²) in [7, 11) is 1.74. The van der Waals surface area contributed by atoms with Crippen LogP contribution in [0.4, 0.5) is 0 Å². The predicted molar refractivity (Wildman–Crippen MR) is 80.1 cm³/mol. The summed E-state index contributed by atoms with van der Waals surface area (Å²) in [6.45, 7) is 2.75. The summed E-state index contributed by atoms with van der Waals surface area (Å²) in [5, 5.41) is 3.86. The van der Waals surface area contributed by atoms with Crippen LogP contribution < -0.4 is 0 Å². The molecule has 6 heteroatoms. The van der Waals surface area contributed by atoms with Gasteiger partial charge in [-0.25, -0.2) is 0 Å². The van der Waals surface area contributed by atoms with Crippen LogP contribution in [0, 0.1) is 0 Å². The van der Waals surface area contributed by atoms with Gasteiger partial charge in [-0.1, -0.05) is 35.5 Å². The quantitative estimate of drug-likeness (QED) is 0.845. The van der Waals surface area contributed by atoms with Crippen molar-refractivity contribution < 1.29 is 14.1 Å². The van der Waals surface area contributed by atoms with E-state index in [1.807, 2.05) is 30.3 Å². The normalized spacial score (nSPS) is 18.6. The molecule has 0 radical (unpaired) electrons. The molecule has 114 valence electrons. The Balaban J connectivity index is 1.82. The first-order valence-corrected chi connectivity index (χ1v) is 7.16. The maximum absolute atomic E-state index is 12.5. The first-order chi connectivity index (χ1) is 10.6. The maximum Gasteiger partial charge on any atom is 0.276 e. The van der Waals surface area contributed by atoms with E-state index < -0.39 is 6.04 Å². The summed E-state index contributed by atoms with van der Waals surface area (Å²) in [4.78, 5) is 27.7. The molecule has 22 heavy (non-hydrogen) atoms. The Bertz CT molecular complexity index is 696. The third kappa shape index (κ3) is 2.47. The van der Waals surface area contributed by atoms with Gasteiger partial charge in [0.1, 0.15) is 6.04 Å². The van der Waals surface area contributed by atoms with Crippen molar-refractivity contribution in [3.63, 3.8) is 0 Å². The SMILES string of the molecule is CC1C(=O)N(C)CCN1C(=O)c1cc(-c2ccccc2)on1. The number of benzene rings is 1. The lowest BCUT2D eigenvalue weighted by Crippen LogP contribution is -2.56. The highest BCUT2D eigenvalue weighted by molar-refractivity contribution is 5.97. The van der Waals surface area contributed by atoms with Crippen molar-refractivity contribution in [1.29, 1.82) is 0 Å². The molecule has 2 amide bonds. The van der Waals surface area contributed by atoms with E-state index in [-0.39, 0.29) is 17.5 Å². The van der Waals surface area contributed by atoms with Gasteiger partial charge >= 0.3 is 0 Å². The average Bonchev–Trinajstić information content (AvgIpc) is 3.03. The molecule has 6 nitrogen and oxygen atoms in total. The first-order valence-electron chi connectivity index (χ1n) is 7.16. The van der Waals surface area contributed by atoms with E-state index >= 15 is 0 Å². The molecule has 1 aromatic heterocycles. The second kappa shape index (κ2) is 5.63. The largest absolute Gasteiger partial charge is 0.355 e. The smallest absolute Gasteiger partial charge is 0.276 e. The van der Waals surface area contributed by atoms with Gasteiger partial charge < -0.3 is 14.3 Å². The van der Waals surface area contributed by atoms with Crippen LogP contribution in [0.25, 0.3) is 11.3 Å². The summed E-state index contributed by atoms with van der Waals surface area (Å²) >= 11 is 0. The summed E-state index contributed by atoms with van der Waals surface area (Å²) in [5.41, 5.74) is 1.08. The fourth-order valence-corrected chi connectivity index (χ4v) is 2.55. The maximum atomic E-state index is 12.5. The van der Waals surface area contributed by atoms with Crippen molar-refractivity contribution in [3.05, 3.63) is 42.1 Å². The Morgan fingerprint density at radius 2 is 2.00 bits per heavy atom. The number of hydrogen-bond acceptors (Lipinski definition) is 4. The lowest BCUT2D eigenvalue weighted by atomic mass is 10.1. The van der Waals surface area contributed by atoms with E-state index in [4.69, 9.17) is 4.52 Å². The Hall–Kier alpha value is -2.63. The van der Waals surface area contributed by atoms with Gasteiger partial charge in [0.2, 0.25) is 5.91 Å². The van der Waals surface area contributed by atoms with E-state index in [0.717, 1.165) is 5.56 Å². The highest BCUT2D eigenvalue weighted by Crippen LogP contribution is 2.21. The number of carbonyl (C=O) groups is 2. The zero-order valence-corrected chi connectivity index (χ0v) is 12.5. The van der Waals surface area contributed by atoms with Gasteiger partial charge in [0.05, 0.1) is 0 Å². The molecule has 1 saturated heterocycles. The van der Waals surface area contributed by atoms with Crippen LogP contribution in [0.1, 0.15) is 17.4 Å². The third-order valence-corrected chi connectivity index (χ3v) is 3.93. The molecule has 1 aliphatic heterocycles. The number of rotatable bonds is 2. The minimum absolute atomic E-state index is 0.0635. The monoisotopic (exact) mass is 299 g/mol. The molecule has 0 bridgehead atoms. The van der Waals surface area contributed by atoms with Gasteiger partial charge in [0.15, 0.2) is 11.5 Å². The number of amides is 2. The Labute approximate surface area is 128 Å². The van der Waals surface area contributed by atoms with Crippen molar-refractivity contribution in [2.45, 2.75) is 13.0 Å². The molecule has 0 N–H and O–H groups in total. The number of piperazine rings is 1. The number of aromatic nitrogens is 1. The Morgan fingerprint density at radius 1 is 1.27 bits per heavy atom. The lowest BCUT2D eigenvalue weighted by Gasteiger charge is -2.36. The van der Waals surface area contributed by atoms with Crippen molar-refractivity contribution in [1.82, 2.24) is 15.0 Å². The summed E-state index contributed by atoms with van der Waals surface area (Å²) < 4.78 is 5.25. The Morgan fingerprint density at radius 3 is 2.73 bits per heavy atom. The van der Waals surface area contributed by atoms with Gasteiger partial charge in [-0.2, -0.15) is 0 Å². The van der Waals surface area contributed by atoms with Crippen molar-refractivity contribution in [3.8, 4) is 11.3 Å². The first kappa shape index (κ1) is 14.3. The average molecular weight is 299 g/mol. The molecule has 0 spiro atoms. The number of hydrogen-bond donors (Lipinski definition) is 0. The van der Waals surface area contributed by atoms with Crippen LogP contribution in [-0.4, -0.2) is 52.9 Å². The predicted octanol–water partition coefficient (Wildman–Crippen LogP) is 1.64. The molecule has 2 heterocycles. The minimum Gasteiger partial charge on any atom is -0.355 e. The molecule has 0 aliphatic carbocycles. The highest BCUT2D eigenvalue weighted by atomic mass is 16.5. The second-order valence-electron chi connectivity index (χ2n) is 5.38. The lowest BCUT2D eigenvalue weighted by molar-refractivity contribution is -0.137. The molecular weight excluding hydrogens is 282 g/mol. The van der Waals surface area contributed by atoms with E-state index in [2.05, 4.69) is 5.16 Å². The second-order valence-corrected chi connectivity index (χ2v) is 5.38. The van der Waals surface area contributed by atoms with Gasteiger partial charge in [-0.15, -0.1) is 0 Å². The molecule has 1 atom stereocenters. The van der Waals surface area contributed by atoms with Gasteiger partial charge in [-0.3, -0.25) is 9.59 Å². The number of nitrogens with zero attached hydrogens (tertiary/aromatic N) is 3. The topological polar surface area (TPSA) is 66.7 Å². The van der Waals surface area contributed by atoms with E-state index in [1.165, 1.54) is 4.90 Å². The van der Waals surface area contributed by atoms with Crippen LogP contribution in [0.5, 0.6) is 0 Å². The molecule has 1 unspecified atom stereocenters.